The molecule has 0 spiro atoms. The van der Waals surface area contributed by atoms with E-state index in [2.05, 4.69) is 97.7 Å². The third-order valence-electron chi connectivity index (χ3n) is 3.82. The van der Waals surface area contributed by atoms with E-state index >= 15 is 0 Å². The van der Waals surface area contributed by atoms with Gasteiger partial charge in [0.25, 0.3) is 0 Å². The zero-order valence-electron chi connectivity index (χ0n) is 11.9. The van der Waals surface area contributed by atoms with Gasteiger partial charge < -0.3 is 0 Å². The Morgan fingerprint density at radius 2 is 0.714 bits per heavy atom. The van der Waals surface area contributed by atoms with Gasteiger partial charge in [-0.15, -0.1) is 0 Å². The van der Waals surface area contributed by atoms with Crippen molar-refractivity contribution in [3.63, 3.8) is 0 Å². The van der Waals surface area contributed by atoms with Crippen molar-refractivity contribution in [2.45, 2.75) is 0 Å². The summed E-state index contributed by atoms with van der Waals surface area (Å²) in [5, 5.41) is 4.28. The van der Waals surface area contributed by atoms with E-state index in [0.717, 1.165) is 0 Å². The first-order valence-electron chi connectivity index (χ1n) is 6.85. The molecular weight excluding hydrogens is 318 g/mol. The van der Waals surface area contributed by atoms with Crippen LogP contribution in [0.5, 0.6) is 0 Å². The van der Waals surface area contributed by atoms with E-state index in [0.29, 0.717) is 0 Å². The molecule has 3 aromatic carbocycles. The Bertz CT molecular complexity index is 569. The van der Waals surface area contributed by atoms with Crippen molar-refractivity contribution in [2.24, 2.45) is 0 Å². The van der Waals surface area contributed by atoms with E-state index < -0.39 is 7.26 Å². The molecule has 3 rings (SSSR count). The van der Waals surface area contributed by atoms with Gasteiger partial charge in [0.05, 0.1) is 6.66 Å². The molecular formula is C19H18NiP+. The number of hydrogen-bond acceptors (Lipinski definition) is 0. The van der Waals surface area contributed by atoms with Crippen LogP contribution in [0.25, 0.3) is 0 Å². The molecule has 0 N–H and O–H groups in total. The van der Waals surface area contributed by atoms with E-state index in [1.807, 2.05) is 0 Å². The van der Waals surface area contributed by atoms with Crippen LogP contribution in [0.2, 0.25) is 0 Å². The van der Waals surface area contributed by atoms with Crippen molar-refractivity contribution in [1.29, 1.82) is 0 Å². The maximum absolute atomic E-state index is 2.41. The van der Waals surface area contributed by atoms with Gasteiger partial charge >= 0.3 is 0 Å². The quantitative estimate of drug-likeness (QED) is 0.506. The second kappa shape index (κ2) is 7.03. The summed E-state index contributed by atoms with van der Waals surface area (Å²) in [6.45, 7) is 2.41. The first kappa shape index (κ1) is 16.0. The SMILES string of the molecule is C[P+](c1ccccc1)(c1ccccc1)c1ccccc1.[Ni]. The zero-order chi connectivity index (χ0) is 13.8. The molecule has 0 amide bonds. The van der Waals surface area contributed by atoms with Gasteiger partial charge in [-0.1, -0.05) is 54.6 Å². The minimum atomic E-state index is -1.53. The summed E-state index contributed by atoms with van der Waals surface area (Å²) in [6.07, 6.45) is 0. The van der Waals surface area contributed by atoms with Crippen LogP contribution in [0.4, 0.5) is 0 Å². The molecule has 0 bridgehead atoms. The van der Waals surface area contributed by atoms with E-state index in [9.17, 15) is 0 Å². The molecule has 0 aliphatic carbocycles. The van der Waals surface area contributed by atoms with Crippen LogP contribution >= 0.6 is 7.26 Å². The van der Waals surface area contributed by atoms with Gasteiger partial charge in [0, 0.05) is 16.5 Å². The van der Waals surface area contributed by atoms with Crippen LogP contribution in [-0.2, 0) is 16.5 Å². The van der Waals surface area contributed by atoms with Crippen molar-refractivity contribution >= 4 is 23.2 Å². The molecule has 21 heavy (non-hydrogen) atoms. The molecule has 0 nitrogen and oxygen atoms in total. The van der Waals surface area contributed by atoms with E-state index in [4.69, 9.17) is 0 Å². The van der Waals surface area contributed by atoms with Crippen molar-refractivity contribution in [3.05, 3.63) is 91.0 Å². The number of rotatable bonds is 3. The maximum Gasteiger partial charge on any atom is 0.109 e. The summed E-state index contributed by atoms with van der Waals surface area (Å²) in [5.74, 6) is 0. The Morgan fingerprint density at radius 1 is 0.476 bits per heavy atom. The van der Waals surface area contributed by atoms with Crippen LogP contribution in [-0.4, -0.2) is 6.66 Å². The fourth-order valence-corrected chi connectivity index (χ4v) is 5.83. The minimum Gasteiger partial charge on any atom is -0.0620 e. The molecule has 0 unspecified atom stereocenters. The summed E-state index contributed by atoms with van der Waals surface area (Å²) in [7, 11) is -1.53. The predicted molar refractivity (Wildman–Crippen MR) is 91.1 cm³/mol. The largest absolute Gasteiger partial charge is 0.109 e. The van der Waals surface area contributed by atoms with Gasteiger partial charge in [0.15, 0.2) is 0 Å². The third kappa shape index (κ3) is 3.10. The van der Waals surface area contributed by atoms with Gasteiger partial charge in [-0.2, -0.15) is 0 Å². The van der Waals surface area contributed by atoms with Crippen molar-refractivity contribution in [2.75, 3.05) is 6.66 Å². The molecule has 0 fully saturated rings. The first-order chi connectivity index (χ1) is 9.82. The molecule has 0 radical (unpaired) electrons. The summed E-state index contributed by atoms with van der Waals surface area (Å²) in [4.78, 5) is 0. The third-order valence-corrected chi connectivity index (χ3v) is 7.81. The molecule has 3 aromatic rings. The summed E-state index contributed by atoms with van der Waals surface area (Å²) >= 11 is 0. The molecule has 0 aliphatic heterocycles. The molecule has 0 saturated heterocycles. The Labute approximate surface area is 137 Å². The number of benzene rings is 3. The molecule has 2 heteroatoms. The smallest absolute Gasteiger partial charge is 0.0620 e. The monoisotopic (exact) mass is 335 g/mol. The standard InChI is InChI=1S/C19H18P.Ni/c1-20(17-11-5-2-6-12-17,18-13-7-3-8-14-18)19-15-9-4-10-16-19;/h2-16H,1H3;/q+1;. The van der Waals surface area contributed by atoms with Crippen molar-refractivity contribution < 1.29 is 16.5 Å². The maximum atomic E-state index is 2.41. The Hall–Kier alpha value is -1.42. The van der Waals surface area contributed by atoms with Crippen LogP contribution in [0, 0.1) is 0 Å². The van der Waals surface area contributed by atoms with E-state index in [-0.39, 0.29) is 16.5 Å². The van der Waals surface area contributed by atoms with Gasteiger partial charge in [0.2, 0.25) is 0 Å². The Balaban J connectivity index is 0.00000161. The molecule has 0 aliphatic rings. The Morgan fingerprint density at radius 3 is 0.952 bits per heavy atom. The van der Waals surface area contributed by atoms with Crippen LogP contribution < -0.4 is 15.9 Å². The normalized spacial score (nSPS) is 10.7. The fourth-order valence-electron chi connectivity index (χ4n) is 2.63. The second-order valence-corrected chi connectivity index (χ2v) is 8.57. The van der Waals surface area contributed by atoms with Crippen LogP contribution in [0.3, 0.4) is 0 Å². The van der Waals surface area contributed by atoms with Crippen LogP contribution in [0.1, 0.15) is 0 Å². The average molecular weight is 336 g/mol. The Kier molecular flexibility index (Phi) is 5.35. The molecule has 0 atom stereocenters. The summed E-state index contributed by atoms with van der Waals surface area (Å²) in [6, 6.07) is 32.6. The van der Waals surface area contributed by atoms with E-state index in [1.54, 1.807) is 0 Å². The van der Waals surface area contributed by atoms with Gasteiger partial charge in [-0.25, -0.2) is 0 Å². The second-order valence-electron chi connectivity index (χ2n) is 5.01. The molecule has 0 saturated carbocycles. The molecule has 108 valence electrons. The van der Waals surface area contributed by atoms with E-state index in [1.165, 1.54) is 15.9 Å². The van der Waals surface area contributed by atoms with Gasteiger partial charge in [-0.05, 0) is 36.4 Å². The molecule has 0 aromatic heterocycles. The summed E-state index contributed by atoms with van der Waals surface area (Å²) in [5.41, 5.74) is 0. The summed E-state index contributed by atoms with van der Waals surface area (Å²) < 4.78 is 0. The average Bonchev–Trinajstić information content (AvgIpc) is 2.56. The number of hydrogen-bond donors (Lipinski definition) is 0. The molecule has 0 heterocycles. The van der Waals surface area contributed by atoms with Crippen molar-refractivity contribution in [1.82, 2.24) is 0 Å². The van der Waals surface area contributed by atoms with Crippen LogP contribution in [0.15, 0.2) is 91.0 Å². The van der Waals surface area contributed by atoms with Gasteiger partial charge in [0.1, 0.15) is 23.2 Å². The topological polar surface area (TPSA) is 0 Å². The predicted octanol–water partition coefficient (Wildman–Crippen LogP) is 3.61. The zero-order valence-corrected chi connectivity index (χ0v) is 13.8. The first-order valence-corrected chi connectivity index (χ1v) is 9.09. The fraction of sp³-hybridized carbons (Fsp3) is 0.0526. The minimum absolute atomic E-state index is 0. The van der Waals surface area contributed by atoms with Crippen molar-refractivity contribution in [3.8, 4) is 0 Å². The van der Waals surface area contributed by atoms with Gasteiger partial charge in [-0.3, -0.25) is 0 Å².